The van der Waals surface area contributed by atoms with E-state index in [1.807, 2.05) is 12.1 Å². The molecule has 3 heterocycles. The van der Waals surface area contributed by atoms with Gasteiger partial charge in [0, 0.05) is 23.2 Å². The molecule has 0 bridgehead atoms. The van der Waals surface area contributed by atoms with Crippen LogP contribution in [0.1, 0.15) is 21.0 Å². The molecule has 0 fully saturated rings. The van der Waals surface area contributed by atoms with Crippen LogP contribution in [0.25, 0.3) is 32.8 Å². The van der Waals surface area contributed by atoms with Crippen molar-refractivity contribution in [2.45, 2.75) is 0 Å². The molecule has 0 spiro atoms. The van der Waals surface area contributed by atoms with Gasteiger partial charge in [-0.3, -0.25) is 19.6 Å². The highest BCUT2D eigenvalue weighted by molar-refractivity contribution is 6.21. The molecule has 0 atom stereocenters. The molecule has 116 valence electrons. The minimum Gasteiger partial charge on any atom is -0.364 e. The van der Waals surface area contributed by atoms with Gasteiger partial charge in [-0.25, -0.2) is 9.97 Å². The Kier molecular flexibility index (Phi) is 2.86. The number of carbonyl (C=O) groups excluding carboxylic acids is 2. The van der Waals surface area contributed by atoms with Gasteiger partial charge in [-0.1, -0.05) is 12.1 Å². The number of hydrogen-bond acceptors (Lipinski definition) is 6. The fourth-order valence-corrected chi connectivity index (χ4v) is 2.73. The molecule has 24 heavy (non-hydrogen) atoms. The SMILES string of the molecule is NC(=O)c1nc2c3ncccc3c3cccnc3c2nc1C(N)=O. The van der Waals surface area contributed by atoms with Gasteiger partial charge in [0.15, 0.2) is 11.4 Å². The monoisotopic (exact) mass is 318 g/mol. The molecule has 0 saturated carbocycles. The summed E-state index contributed by atoms with van der Waals surface area (Å²) in [6.07, 6.45) is 3.22. The smallest absolute Gasteiger partial charge is 0.269 e. The van der Waals surface area contributed by atoms with Crippen LogP contribution < -0.4 is 11.5 Å². The second-order valence-corrected chi connectivity index (χ2v) is 5.15. The Bertz CT molecular complexity index is 1080. The van der Waals surface area contributed by atoms with Gasteiger partial charge >= 0.3 is 0 Å². The number of pyridine rings is 2. The van der Waals surface area contributed by atoms with Gasteiger partial charge in [-0.2, -0.15) is 0 Å². The summed E-state index contributed by atoms with van der Waals surface area (Å²) in [5.41, 5.74) is 11.8. The Hall–Kier alpha value is -3.68. The Morgan fingerprint density at radius 2 is 1.12 bits per heavy atom. The van der Waals surface area contributed by atoms with Crippen LogP contribution in [-0.4, -0.2) is 31.8 Å². The van der Waals surface area contributed by atoms with Crippen LogP contribution >= 0.6 is 0 Å². The van der Waals surface area contributed by atoms with Crippen LogP contribution in [0.15, 0.2) is 36.7 Å². The van der Waals surface area contributed by atoms with E-state index in [-0.39, 0.29) is 11.4 Å². The molecule has 3 aromatic heterocycles. The molecule has 0 radical (unpaired) electrons. The average molecular weight is 318 g/mol. The number of rotatable bonds is 2. The van der Waals surface area contributed by atoms with E-state index in [0.717, 1.165) is 10.8 Å². The third-order valence-corrected chi connectivity index (χ3v) is 3.72. The average Bonchev–Trinajstić information content (AvgIpc) is 2.60. The van der Waals surface area contributed by atoms with Crippen molar-refractivity contribution in [2.24, 2.45) is 11.5 Å². The van der Waals surface area contributed by atoms with Crippen molar-refractivity contribution in [3.63, 3.8) is 0 Å². The summed E-state index contributed by atoms with van der Waals surface area (Å²) in [6.45, 7) is 0. The van der Waals surface area contributed by atoms with Gasteiger partial charge in [0.1, 0.15) is 11.0 Å². The number of hydrogen-bond donors (Lipinski definition) is 2. The van der Waals surface area contributed by atoms with Gasteiger partial charge in [0.2, 0.25) is 0 Å². The summed E-state index contributed by atoms with van der Waals surface area (Å²) < 4.78 is 0. The summed E-state index contributed by atoms with van der Waals surface area (Å²) in [7, 11) is 0. The normalized spacial score (nSPS) is 11.2. The molecule has 1 aromatic carbocycles. The van der Waals surface area contributed by atoms with Crippen LogP contribution in [-0.2, 0) is 0 Å². The van der Waals surface area contributed by atoms with Crippen LogP contribution in [0.2, 0.25) is 0 Å². The summed E-state index contributed by atoms with van der Waals surface area (Å²) in [4.78, 5) is 40.4. The van der Waals surface area contributed by atoms with Crippen LogP contribution in [0.4, 0.5) is 0 Å². The zero-order valence-corrected chi connectivity index (χ0v) is 12.2. The fraction of sp³-hybridized carbons (Fsp3) is 0. The molecular weight excluding hydrogens is 308 g/mol. The van der Waals surface area contributed by atoms with E-state index >= 15 is 0 Å². The van der Waals surface area contributed by atoms with Crippen molar-refractivity contribution in [3.05, 3.63) is 48.0 Å². The highest BCUT2D eigenvalue weighted by Crippen LogP contribution is 2.30. The number of benzene rings is 1. The van der Waals surface area contributed by atoms with Crippen molar-refractivity contribution in [2.75, 3.05) is 0 Å². The largest absolute Gasteiger partial charge is 0.364 e. The van der Waals surface area contributed by atoms with Gasteiger partial charge in [0.25, 0.3) is 11.8 Å². The second-order valence-electron chi connectivity index (χ2n) is 5.15. The molecular formula is C16H10N6O2. The first-order valence-electron chi connectivity index (χ1n) is 7.00. The van der Waals surface area contributed by atoms with Crippen molar-refractivity contribution in [1.82, 2.24) is 19.9 Å². The van der Waals surface area contributed by atoms with Crippen molar-refractivity contribution >= 4 is 44.7 Å². The second kappa shape index (κ2) is 4.92. The summed E-state index contributed by atoms with van der Waals surface area (Å²) in [6, 6.07) is 7.33. The number of primary amides is 2. The predicted molar refractivity (Wildman–Crippen MR) is 87.2 cm³/mol. The zero-order chi connectivity index (χ0) is 16.8. The van der Waals surface area contributed by atoms with E-state index in [1.165, 1.54) is 0 Å². The van der Waals surface area contributed by atoms with E-state index < -0.39 is 11.8 Å². The van der Waals surface area contributed by atoms with Crippen LogP contribution in [0, 0.1) is 0 Å². The maximum Gasteiger partial charge on any atom is 0.269 e. The quantitative estimate of drug-likeness (QED) is 0.527. The number of fused-ring (bicyclic) bond motifs is 6. The third kappa shape index (κ3) is 1.86. The Balaban J connectivity index is 2.33. The molecule has 8 heteroatoms. The number of nitrogens with zero attached hydrogens (tertiary/aromatic N) is 4. The highest BCUT2D eigenvalue weighted by Gasteiger charge is 2.21. The van der Waals surface area contributed by atoms with Crippen molar-refractivity contribution in [1.29, 1.82) is 0 Å². The van der Waals surface area contributed by atoms with E-state index in [2.05, 4.69) is 19.9 Å². The fourth-order valence-electron chi connectivity index (χ4n) is 2.73. The molecule has 4 rings (SSSR count). The molecule has 0 saturated heterocycles. The lowest BCUT2D eigenvalue weighted by molar-refractivity contribution is 0.0960. The molecule has 0 aliphatic heterocycles. The van der Waals surface area contributed by atoms with Crippen molar-refractivity contribution in [3.8, 4) is 0 Å². The topological polar surface area (TPSA) is 138 Å². The highest BCUT2D eigenvalue weighted by atomic mass is 16.2. The number of amides is 2. The Labute approximate surface area is 134 Å². The molecule has 4 N–H and O–H groups in total. The zero-order valence-electron chi connectivity index (χ0n) is 12.2. The molecule has 2 amide bonds. The summed E-state index contributed by atoms with van der Waals surface area (Å²) in [5, 5.41) is 1.62. The Morgan fingerprint density at radius 1 is 0.708 bits per heavy atom. The first-order chi connectivity index (χ1) is 11.6. The van der Waals surface area contributed by atoms with E-state index in [0.29, 0.717) is 22.1 Å². The van der Waals surface area contributed by atoms with E-state index in [9.17, 15) is 9.59 Å². The van der Waals surface area contributed by atoms with E-state index in [1.54, 1.807) is 24.5 Å². The lowest BCUT2D eigenvalue weighted by Crippen LogP contribution is -2.24. The van der Waals surface area contributed by atoms with E-state index in [4.69, 9.17) is 11.5 Å². The molecule has 0 aliphatic carbocycles. The maximum atomic E-state index is 11.6. The minimum atomic E-state index is -0.886. The number of nitrogens with two attached hydrogens (primary N) is 2. The third-order valence-electron chi connectivity index (χ3n) is 3.72. The van der Waals surface area contributed by atoms with Gasteiger partial charge < -0.3 is 11.5 Å². The minimum absolute atomic E-state index is 0.280. The molecule has 0 aliphatic rings. The van der Waals surface area contributed by atoms with Crippen LogP contribution in [0.5, 0.6) is 0 Å². The molecule has 8 nitrogen and oxygen atoms in total. The summed E-state index contributed by atoms with van der Waals surface area (Å²) in [5.74, 6) is -1.77. The predicted octanol–water partition coefficient (Wildman–Crippen LogP) is 0.924. The van der Waals surface area contributed by atoms with Gasteiger partial charge in [-0.15, -0.1) is 0 Å². The Morgan fingerprint density at radius 3 is 1.50 bits per heavy atom. The van der Waals surface area contributed by atoms with Gasteiger partial charge in [0.05, 0.1) is 11.0 Å². The standard InChI is InChI=1S/C16H10N6O2/c17-15(23)13-14(16(18)24)22-12-10-8(4-2-6-20-10)7-3-1-5-19-9(7)11(12)21-13/h1-6H,(H2,17,23)(H2,18,24). The van der Waals surface area contributed by atoms with Gasteiger partial charge in [-0.05, 0) is 12.1 Å². The van der Waals surface area contributed by atoms with Crippen molar-refractivity contribution < 1.29 is 9.59 Å². The molecule has 0 unspecified atom stereocenters. The number of aromatic nitrogens is 4. The first-order valence-corrected chi connectivity index (χ1v) is 7.00. The first kappa shape index (κ1) is 13.9. The van der Waals surface area contributed by atoms with Crippen LogP contribution in [0.3, 0.4) is 0 Å². The summed E-state index contributed by atoms with van der Waals surface area (Å²) >= 11 is 0. The number of carbonyl (C=O) groups is 2. The molecule has 4 aromatic rings. The lowest BCUT2D eigenvalue weighted by Gasteiger charge is -2.09. The maximum absolute atomic E-state index is 11.6. The lowest BCUT2D eigenvalue weighted by atomic mass is 10.1.